The number of aliphatic carboxylic acids is 2. The van der Waals surface area contributed by atoms with Crippen molar-refractivity contribution in [3.05, 3.63) is 0 Å². The van der Waals surface area contributed by atoms with Gasteiger partial charge in [0.15, 0.2) is 0 Å². The number of nitrogens with two attached hydrogens (primary N) is 2. The van der Waals surface area contributed by atoms with E-state index in [9.17, 15) is 29.1 Å². The van der Waals surface area contributed by atoms with Crippen molar-refractivity contribution in [3.63, 3.8) is 0 Å². The fourth-order valence-corrected chi connectivity index (χ4v) is 2.16. The molecule has 4 unspecified atom stereocenters. The molecule has 10 N–H and O–H groups in total. The molecule has 13 nitrogen and oxygen atoms in total. The Labute approximate surface area is 167 Å². The van der Waals surface area contributed by atoms with Crippen LogP contribution in [0.3, 0.4) is 0 Å². The van der Waals surface area contributed by atoms with Crippen LogP contribution in [0.25, 0.3) is 0 Å². The van der Waals surface area contributed by atoms with Crippen LogP contribution in [0.15, 0.2) is 0 Å². The van der Waals surface area contributed by atoms with Crippen molar-refractivity contribution >= 4 is 29.7 Å². The molecule has 0 rings (SSSR count). The average molecular weight is 419 g/mol. The number of carbonyl (C=O) groups excluding carboxylic acids is 3. The Morgan fingerprint density at radius 1 is 0.897 bits per heavy atom. The first-order valence-corrected chi connectivity index (χ1v) is 8.95. The number of rotatable bonds is 14. The van der Waals surface area contributed by atoms with Crippen molar-refractivity contribution in [2.24, 2.45) is 11.5 Å². The normalized spacial score (nSPS) is 14.8. The van der Waals surface area contributed by atoms with E-state index in [1.807, 2.05) is 5.32 Å². The van der Waals surface area contributed by atoms with Gasteiger partial charge >= 0.3 is 11.9 Å². The van der Waals surface area contributed by atoms with Crippen molar-refractivity contribution in [2.45, 2.75) is 56.8 Å². The van der Waals surface area contributed by atoms with Crippen LogP contribution in [0.1, 0.15) is 32.6 Å². The van der Waals surface area contributed by atoms with Gasteiger partial charge in [0, 0.05) is 0 Å². The predicted octanol–water partition coefficient (Wildman–Crippen LogP) is -3.53. The average Bonchev–Trinajstić information content (AvgIpc) is 2.64. The summed E-state index contributed by atoms with van der Waals surface area (Å²) in [4.78, 5) is 57.8. The van der Waals surface area contributed by atoms with Crippen LogP contribution < -0.4 is 27.4 Å². The molecule has 0 aromatic carbocycles. The molecule has 0 aliphatic heterocycles. The number of carboxylic acid groups (broad SMARTS) is 2. The fourth-order valence-electron chi connectivity index (χ4n) is 2.16. The number of hydrogen-bond acceptors (Lipinski definition) is 8. The highest BCUT2D eigenvalue weighted by Gasteiger charge is 2.28. The van der Waals surface area contributed by atoms with Crippen LogP contribution in [0, 0.1) is 0 Å². The number of nitrogens with one attached hydrogen (secondary N) is 3. The topological polar surface area (TPSA) is 234 Å². The van der Waals surface area contributed by atoms with Crippen LogP contribution in [0.5, 0.6) is 0 Å². The van der Waals surface area contributed by atoms with E-state index >= 15 is 0 Å². The van der Waals surface area contributed by atoms with Gasteiger partial charge in [-0.05, 0) is 26.3 Å². The highest BCUT2D eigenvalue weighted by atomic mass is 16.4. The van der Waals surface area contributed by atoms with Gasteiger partial charge in [0.2, 0.25) is 17.7 Å². The molecule has 0 saturated carbocycles. The van der Waals surface area contributed by atoms with Crippen molar-refractivity contribution in [3.8, 4) is 0 Å². The molecule has 0 spiro atoms. The summed E-state index contributed by atoms with van der Waals surface area (Å²) < 4.78 is 0. The molecule has 3 amide bonds. The van der Waals surface area contributed by atoms with E-state index in [4.69, 9.17) is 21.7 Å². The highest BCUT2D eigenvalue weighted by molar-refractivity contribution is 5.94. The van der Waals surface area contributed by atoms with E-state index in [0.717, 1.165) is 0 Å². The molecule has 166 valence electrons. The minimum Gasteiger partial charge on any atom is -0.481 e. The first kappa shape index (κ1) is 26.2. The lowest BCUT2D eigenvalue weighted by atomic mass is 10.1. The maximum absolute atomic E-state index is 12.2. The zero-order valence-corrected chi connectivity index (χ0v) is 16.1. The molecule has 13 heteroatoms. The lowest BCUT2D eigenvalue weighted by Gasteiger charge is -2.22. The van der Waals surface area contributed by atoms with Gasteiger partial charge in [-0.1, -0.05) is 6.42 Å². The minimum absolute atomic E-state index is 0.335. The Balaban J connectivity index is 4.74. The Kier molecular flexibility index (Phi) is 12.1. The van der Waals surface area contributed by atoms with Crippen molar-refractivity contribution in [1.82, 2.24) is 16.0 Å². The van der Waals surface area contributed by atoms with E-state index < -0.39 is 66.9 Å². The molecule has 29 heavy (non-hydrogen) atoms. The summed E-state index contributed by atoms with van der Waals surface area (Å²) in [6, 6.07) is -5.23. The molecule has 0 aromatic rings. The van der Waals surface area contributed by atoms with Crippen LogP contribution >= 0.6 is 0 Å². The molecular formula is C16H29N5O8. The molecule has 0 aliphatic carbocycles. The van der Waals surface area contributed by atoms with Crippen molar-refractivity contribution < 1.29 is 39.3 Å². The second-order valence-corrected chi connectivity index (χ2v) is 6.36. The van der Waals surface area contributed by atoms with Gasteiger partial charge in [0.25, 0.3) is 0 Å². The first-order chi connectivity index (χ1) is 13.5. The molecule has 0 aromatic heterocycles. The second kappa shape index (κ2) is 13.4. The molecule has 0 saturated heterocycles. The molecule has 0 radical (unpaired) electrons. The van der Waals surface area contributed by atoms with Gasteiger partial charge in [-0.25, -0.2) is 4.79 Å². The van der Waals surface area contributed by atoms with E-state index in [1.165, 1.54) is 6.92 Å². The number of carbonyl (C=O) groups is 5. The smallest absolute Gasteiger partial charge is 0.326 e. The molecule has 4 atom stereocenters. The zero-order valence-electron chi connectivity index (χ0n) is 16.1. The molecule has 0 bridgehead atoms. The monoisotopic (exact) mass is 419 g/mol. The summed E-state index contributed by atoms with van der Waals surface area (Å²) >= 11 is 0. The lowest BCUT2D eigenvalue weighted by Crippen LogP contribution is -2.57. The standard InChI is InChI=1S/C16H29N5O8/c1-8(13(25)20-10(16(28)29)6-12(23)24)19-15(27)11(7-22)21-14(26)9(18)4-2-3-5-17/h8-11,22H,2-7,17-18H2,1H3,(H,19,27)(H,20,25)(H,21,26)(H,23,24)(H,28,29). The van der Waals surface area contributed by atoms with E-state index in [1.54, 1.807) is 0 Å². The largest absolute Gasteiger partial charge is 0.481 e. The second-order valence-electron chi connectivity index (χ2n) is 6.36. The van der Waals surface area contributed by atoms with Gasteiger partial charge in [0.1, 0.15) is 18.1 Å². The third-order valence-electron chi connectivity index (χ3n) is 3.87. The van der Waals surface area contributed by atoms with Crippen LogP contribution in [0.2, 0.25) is 0 Å². The van der Waals surface area contributed by atoms with Gasteiger partial charge in [-0.15, -0.1) is 0 Å². The maximum Gasteiger partial charge on any atom is 0.326 e. The fraction of sp³-hybridized carbons (Fsp3) is 0.688. The summed E-state index contributed by atoms with van der Waals surface area (Å²) in [7, 11) is 0. The van der Waals surface area contributed by atoms with Gasteiger partial charge in [-0.3, -0.25) is 19.2 Å². The molecule has 0 aliphatic rings. The Bertz CT molecular complexity index is 600. The Morgan fingerprint density at radius 2 is 1.48 bits per heavy atom. The van der Waals surface area contributed by atoms with Crippen molar-refractivity contribution in [2.75, 3.05) is 13.2 Å². The number of aliphatic hydroxyl groups excluding tert-OH is 1. The van der Waals surface area contributed by atoms with Gasteiger partial charge in [0.05, 0.1) is 19.1 Å². The number of amides is 3. The summed E-state index contributed by atoms with van der Waals surface area (Å²) in [5.74, 6) is -5.50. The van der Waals surface area contributed by atoms with E-state index in [-0.39, 0.29) is 0 Å². The number of carboxylic acids is 2. The van der Waals surface area contributed by atoms with Crippen LogP contribution in [-0.2, 0) is 24.0 Å². The van der Waals surface area contributed by atoms with Gasteiger partial charge in [-0.2, -0.15) is 0 Å². The highest BCUT2D eigenvalue weighted by Crippen LogP contribution is 1.99. The van der Waals surface area contributed by atoms with Crippen molar-refractivity contribution in [1.29, 1.82) is 0 Å². The minimum atomic E-state index is -1.68. The molecule has 0 fully saturated rings. The third kappa shape index (κ3) is 10.4. The summed E-state index contributed by atoms with van der Waals surface area (Å²) in [5.41, 5.74) is 11.1. The summed E-state index contributed by atoms with van der Waals surface area (Å²) in [6.45, 7) is 0.908. The summed E-state index contributed by atoms with van der Waals surface area (Å²) in [6.07, 6.45) is 0.775. The number of unbranched alkanes of at least 4 members (excludes halogenated alkanes) is 1. The quantitative estimate of drug-likeness (QED) is 0.129. The summed E-state index contributed by atoms with van der Waals surface area (Å²) in [5, 5.41) is 33.4. The van der Waals surface area contributed by atoms with Crippen LogP contribution in [0.4, 0.5) is 0 Å². The van der Waals surface area contributed by atoms with Gasteiger partial charge < -0.3 is 42.7 Å². The van der Waals surface area contributed by atoms with E-state index in [2.05, 4.69) is 10.6 Å². The van der Waals surface area contributed by atoms with Crippen LogP contribution in [-0.4, -0.2) is 82.3 Å². The first-order valence-electron chi connectivity index (χ1n) is 8.95. The van der Waals surface area contributed by atoms with E-state index in [0.29, 0.717) is 25.8 Å². The molecule has 0 heterocycles. The molecular weight excluding hydrogens is 390 g/mol. The maximum atomic E-state index is 12.2. The number of hydrogen-bond donors (Lipinski definition) is 8. The SMILES string of the molecule is CC(NC(=O)C(CO)NC(=O)C(N)CCCCN)C(=O)NC(CC(=O)O)C(=O)O. The predicted molar refractivity (Wildman–Crippen MR) is 99.3 cm³/mol. The lowest BCUT2D eigenvalue weighted by molar-refractivity contribution is -0.147. The third-order valence-corrected chi connectivity index (χ3v) is 3.87. The zero-order chi connectivity index (χ0) is 22.6. The Morgan fingerprint density at radius 3 is 1.97 bits per heavy atom. The Hall–Kier alpha value is -2.77. The number of aliphatic hydroxyl groups is 1.